The lowest BCUT2D eigenvalue weighted by Gasteiger charge is -2.30. The summed E-state index contributed by atoms with van der Waals surface area (Å²) in [5, 5.41) is 8.93. The summed E-state index contributed by atoms with van der Waals surface area (Å²) in [6.45, 7) is 8.54. The molecule has 3 N–H and O–H groups in total. The van der Waals surface area contributed by atoms with E-state index in [-0.39, 0.29) is 11.3 Å². The van der Waals surface area contributed by atoms with Gasteiger partial charge in [0.05, 0.1) is 10.6 Å². The summed E-state index contributed by atoms with van der Waals surface area (Å²) in [4.78, 5) is 31.9. The van der Waals surface area contributed by atoms with Crippen molar-refractivity contribution in [1.82, 2.24) is 16.0 Å². The van der Waals surface area contributed by atoms with Crippen LogP contribution in [0.1, 0.15) is 43.7 Å². The summed E-state index contributed by atoms with van der Waals surface area (Å²) < 4.78 is 0. The van der Waals surface area contributed by atoms with Crippen LogP contribution in [0.5, 0.6) is 0 Å². The van der Waals surface area contributed by atoms with Crippen molar-refractivity contribution >= 4 is 35.6 Å². The zero-order valence-electron chi connectivity index (χ0n) is 18.7. The van der Waals surface area contributed by atoms with Crippen molar-refractivity contribution in [3.8, 4) is 0 Å². The molecule has 0 atom stereocenters. The number of carbonyl (C=O) groups is 2. The number of rotatable bonds is 7. The minimum Gasteiger partial charge on any atom is -0.351 e. The van der Waals surface area contributed by atoms with E-state index < -0.39 is 5.91 Å². The minimum atomic E-state index is -0.399. The van der Waals surface area contributed by atoms with E-state index >= 15 is 0 Å². The first-order valence-electron chi connectivity index (χ1n) is 11.0. The Hall–Kier alpha value is -2.71. The van der Waals surface area contributed by atoms with Crippen LogP contribution >= 0.6 is 11.8 Å². The SMILES string of the molecule is C=N\C(=N/C(=C\C)/C=C1\SC(=O)NC1=O)N[C@H]1CC[C@H](NCCc2ccc(C)cc2)CC1. The Bertz CT molecular complexity index is 928. The van der Waals surface area contributed by atoms with Gasteiger partial charge in [0.15, 0.2) is 0 Å². The second-order valence-electron chi connectivity index (χ2n) is 8.04. The molecule has 8 heteroatoms. The molecule has 2 amide bonds. The van der Waals surface area contributed by atoms with Gasteiger partial charge in [-0.1, -0.05) is 35.9 Å². The van der Waals surface area contributed by atoms with Crippen LogP contribution in [0.15, 0.2) is 57.0 Å². The lowest BCUT2D eigenvalue weighted by Crippen LogP contribution is -2.42. The van der Waals surface area contributed by atoms with E-state index in [2.05, 4.69) is 63.8 Å². The van der Waals surface area contributed by atoms with E-state index in [1.54, 1.807) is 12.2 Å². The lowest BCUT2D eigenvalue weighted by atomic mass is 9.91. The van der Waals surface area contributed by atoms with E-state index in [1.165, 1.54) is 11.1 Å². The van der Waals surface area contributed by atoms with E-state index in [0.29, 0.717) is 22.6 Å². The van der Waals surface area contributed by atoms with Crippen molar-refractivity contribution in [2.75, 3.05) is 6.54 Å². The first kappa shape index (κ1) is 23.9. The molecule has 3 rings (SSSR count). The fourth-order valence-electron chi connectivity index (χ4n) is 3.77. The predicted octanol–water partition coefficient (Wildman–Crippen LogP) is 3.86. The highest BCUT2D eigenvalue weighted by Crippen LogP contribution is 2.25. The van der Waals surface area contributed by atoms with Crippen molar-refractivity contribution in [1.29, 1.82) is 0 Å². The van der Waals surface area contributed by atoms with Crippen molar-refractivity contribution < 1.29 is 9.59 Å². The molecule has 2 fully saturated rings. The molecule has 0 spiro atoms. The van der Waals surface area contributed by atoms with Gasteiger partial charge in [-0.15, -0.1) is 0 Å². The Morgan fingerprint density at radius 2 is 1.88 bits per heavy atom. The zero-order chi connectivity index (χ0) is 22.9. The summed E-state index contributed by atoms with van der Waals surface area (Å²) in [7, 11) is 0. The number of hydrogen-bond acceptors (Lipinski definition) is 5. The number of benzene rings is 1. The monoisotopic (exact) mass is 453 g/mol. The number of hydrogen-bond donors (Lipinski definition) is 3. The molecule has 0 unspecified atom stereocenters. The lowest BCUT2D eigenvalue weighted by molar-refractivity contribution is -0.115. The Balaban J connectivity index is 1.45. The molecule has 0 aromatic heterocycles. The van der Waals surface area contributed by atoms with Crippen LogP contribution in [0, 0.1) is 6.92 Å². The third-order valence-corrected chi connectivity index (χ3v) is 6.44. The highest BCUT2D eigenvalue weighted by molar-refractivity contribution is 8.18. The molecule has 0 bridgehead atoms. The minimum absolute atomic E-state index is 0.283. The fraction of sp³-hybridized carbons (Fsp3) is 0.417. The summed E-state index contributed by atoms with van der Waals surface area (Å²) in [5.74, 6) is 0.0317. The number of nitrogens with one attached hydrogen (secondary N) is 3. The van der Waals surface area contributed by atoms with Crippen molar-refractivity contribution in [2.45, 2.75) is 58.0 Å². The quantitative estimate of drug-likeness (QED) is 0.331. The molecule has 2 aliphatic rings. The number of nitrogens with zero attached hydrogens (tertiary/aromatic N) is 2. The van der Waals surface area contributed by atoms with Crippen LogP contribution < -0.4 is 16.0 Å². The number of carbonyl (C=O) groups excluding carboxylic acids is 2. The molecule has 1 aliphatic heterocycles. The number of thioether (sulfide) groups is 1. The van der Waals surface area contributed by atoms with E-state index in [1.807, 2.05) is 6.92 Å². The second kappa shape index (κ2) is 11.8. The molecule has 1 aromatic rings. The zero-order valence-corrected chi connectivity index (χ0v) is 19.5. The van der Waals surface area contributed by atoms with Gasteiger partial charge < -0.3 is 10.6 Å². The van der Waals surface area contributed by atoms with E-state index in [4.69, 9.17) is 0 Å². The number of allylic oxidation sites excluding steroid dienone is 2. The fourth-order valence-corrected chi connectivity index (χ4v) is 4.44. The van der Waals surface area contributed by atoms with Gasteiger partial charge in [0.2, 0.25) is 5.96 Å². The normalized spacial score (nSPS) is 23.4. The first-order chi connectivity index (χ1) is 15.5. The molecule has 7 nitrogen and oxygen atoms in total. The molecule has 1 aliphatic carbocycles. The summed E-state index contributed by atoms with van der Waals surface area (Å²) in [6, 6.07) is 9.54. The molecule has 170 valence electrons. The summed E-state index contributed by atoms with van der Waals surface area (Å²) >= 11 is 0.871. The number of amides is 2. The standard InChI is InChI=1S/C24H31N5O2S/c1-4-18(15-21-22(30)29-24(31)32-21)27-23(25-3)28-20-11-9-19(10-12-20)26-14-13-17-7-5-16(2)6-8-17/h4-8,15,19-20,26H,3,9-14H2,1-2H3,(H,27,28)(H,29,30,31)/b18-4-,21-15-/t19-,20-. The number of guanidine groups is 1. The van der Waals surface area contributed by atoms with Gasteiger partial charge in [0.25, 0.3) is 11.1 Å². The predicted molar refractivity (Wildman–Crippen MR) is 132 cm³/mol. The number of aliphatic imine (C=N–C) groups is 2. The molecular weight excluding hydrogens is 422 g/mol. The molecule has 0 radical (unpaired) electrons. The van der Waals surface area contributed by atoms with Crippen LogP contribution in [0.2, 0.25) is 0 Å². The average Bonchev–Trinajstić information content (AvgIpc) is 3.11. The van der Waals surface area contributed by atoms with Gasteiger partial charge in [-0.05, 0) is 82.6 Å². The number of imide groups is 1. The molecular formula is C24H31N5O2S. The maximum atomic E-state index is 11.8. The topological polar surface area (TPSA) is 95.0 Å². The van der Waals surface area contributed by atoms with Gasteiger partial charge in [-0.3, -0.25) is 14.9 Å². The van der Waals surface area contributed by atoms with Crippen LogP contribution in [0.3, 0.4) is 0 Å². The maximum Gasteiger partial charge on any atom is 0.290 e. The van der Waals surface area contributed by atoms with Crippen molar-refractivity contribution in [3.63, 3.8) is 0 Å². The summed E-state index contributed by atoms with van der Waals surface area (Å²) in [5.41, 5.74) is 3.21. The van der Waals surface area contributed by atoms with Crippen LogP contribution in [-0.4, -0.2) is 42.5 Å². The molecule has 32 heavy (non-hydrogen) atoms. The Morgan fingerprint density at radius 1 is 1.19 bits per heavy atom. The van der Waals surface area contributed by atoms with E-state index in [9.17, 15) is 9.59 Å². The Kier molecular flexibility index (Phi) is 8.81. The van der Waals surface area contributed by atoms with Gasteiger partial charge >= 0.3 is 0 Å². The Morgan fingerprint density at radius 3 is 2.47 bits per heavy atom. The highest BCUT2D eigenvalue weighted by Gasteiger charge is 2.25. The summed E-state index contributed by atoms with van der Waals surface area (Å²) in [6.07, 6.45) is 8.63. The van der Waals surface area contributed by atoms with Crippen LogP contribution in [0.25, 0.3) is 0 Å². The van der Waals surface area contributed by atoms with Gasteiger partial charge in [-0.25, -0.2) is 9.98 Å². The average molecular weight is 454 g/mol. The van der Waals surface area contributed by atoms with Gasteiger partial charge in [-0.2, -0.15) is 0 Å². The maximum absolute atomic E-state index is 11.8. The molecule has 1 saturated carbocycles. The molecule has 1 aromatic carbocycles. The highest BCUT2D eigenvalue weighted by atomic mass is 32.2. The molecule has 1 saturated heterocycles. The Labute approximate surface area is 193 Å². The van der Waals surface area contributed by atoms with Crippen molar-refractivity contribution in [2.24, 2.45) is 9.98 Å². The third kappa shape index (κ3) is 7.17. The van der Waals surface area contributed by atoms with Gasteiger partial charge in [0, 0.05) is 12.1 Å². The third-order valence-electron chi connectivity index (χ3n) is 5.63. The van der Waals surface area contributed by atoms with Crippen LogP contribution in [0.4, 0.5) is 4.79 Å². The number of aryl methyl sites for hydroxylation is 1. The molecule has 1 heterocycles. The first-order valence-corrected chi connectivity index (χ1v) is 11.8. The smallest absolute Gasteiger partial charge is 0.290 e. The van der Waals surface area contributed by atoms with Crippen molar-refractivity contribution in [3.05, 3.63) is 58.1 Å². The van der Waals surface area contributed by atoms with Crippen LogP contribution in [-0.2, 0) is 11.2 Å². The van der Waals surface area contributed by atoms with Gasteiger partial charge in [0.1, 0.15) is 0 Å². The largest absolute Gasteiger partial charge is 0.351 e. The van der Waals surface area contributed by atoms with E-state index in [0.717, 1.165) is 50.4 Å². The second-order valence-corrected chi connectivity index (χ2v) is 9.06.